The van der Waals surface area contributed by atoms with Gasteiger partial charge in [-0.15, -0.1) is 11.3 Å². The molecule has 0 amide bonds. The summed E-state index contributed by atoms with van der Waals surface area (Å²) in [7, 11) is 0. The highest BCUT2D eigenvalue weighted by Gasteiger charge is 2.09. The molecule has 102 valence electrons. The van der Waals surface area contributed by atoms with Gasteiger partial charge in [0.2, 0.25) is 0 Å². The number of hydrogen-bond acceptors (Lipinski definition) is 4. The van der Waals surface area contributed by atoms with Gasteiger partial charge >= 0.3 is 0 Å². The molecule has 0 saturated heterocycles. The normalized spacial score (nSPS) is 10.1. The molecule has 2 aromatic carbocycles. The van der Waals surface area contributed by atoms with Crippen LogP contribution in [0.3, 0.4) is 0 Å². The van der Waals surface area contributed by atoms with Crippen molar-refractivity contribution in [2.45, 2.75) is 0 Å². The first-order valence-electron chi connectivity index (χ1n) is 6.14. The Balaban J connectivity index is 1.95. The number of nitriles is 1. The van der Waals surface area contributed by atoms with Crippen molar-refractivity contribution in [3.63, 3.8) is 0 Å². The second-order valence-electron chi connectivity index (χ2n) is 4.22. The average molecular weight is 313 g/mol. The molecule has 0 N–H and O–H groups in total. The maximum Gasteiger partial charge on any atom is 0.145 e. The number of halogens is 1. The number of rotatable bonds is 3. The molecule has 0 fully saturated rings. The van der Waals surface area contributed by atoms with E-state index in [-0.39, 0.29) is 0 Å². The van der Waals surface area contributed by atoms with Crippen LogP contribution in [0.1, 0.15) is 5.56 Å². The lowest BCUT2D eigenvalue weighted by Gasteiger charge is -2.08. The van der Waals surface area contributed by atoms with E-state index in [1.165, 1.54) is 11.3 Å². The summed E-state index contributed by atoms with van der Waals surface area (Å²) in [5, 5.41) is 12.7. The summed E-state index contributed by atoms with van der Waals surface area (Å²) in [6, 6.07) is 14.7. The first-order chi connectivity index (χ1) is 10.3. The molecule has 0 saturated carbocycles. The number of hydrogen-bond donors (Lipinski definition) is 0. The minimum Gasteiger partial charge on any atom is -0.456 e. The molecule has 0 unspecified atom stereocenters. The smallest absolute Gasteiger partial charge is 0.145 e. The molecule has 1 aromatic heterocycles. The monoisotopic (exact) mass is 312 g/mol. The largest absolute Gasteiger partial charge is 0.456 e. The first-order valence-corrected chi connectivity index (χ1v) is 7.39. The van der Waals surface area contributed by atoms with E-state index in [4.69, 9.17) is 16.3 Å². The van der Waals surface area contributed by atoms with Crippen LogP contribution in [0.2, 0.25) is 5.02 Å². The summed E-state index contributed by atoms with van der Waals surface area (Å²) >= 11 is 7.45. The van der Waals surface area contributed by atoms with Crippen LogP contribution in [0.5, 0.6) is 11.5 Å². The van der Waals surface area contributed by atoms with Crippen molar-refractivity contribution in [3.05, 3.63) is 64.6 Å². The van der Waals surface area contributed by atoms with Gasteiger partial charge in [0.15, 0.2) is 0 Å². The van der Waals surface area contributed by atoms with Crippen molar-refractivity contribution in [2.24, 2.45) is 0 Å². The molecular formula is C16H9ClN2OS. The van der Waals surface area contributed by atoms with Gasteiger partial charge in [0.05, 0.1) is 5.56 Å². The van der Waals surface area contributed by atoms with Crippen molar-refractivity contribution in [2.75, 3.05) is 0 Å². The highest BCUT2D eigenvalue weighted by atomic mass is 35.5. The van der Waals surface area contributed by atoms with Crippen molar-refractivity contribution in [1.82, 2.24) is 4.98 Å². The lowest BCUT2D eigenvalue weighted by atomic mass is 10.1. The third-order valence-corrected chi connectivity index (χ3v) is 3.86. The summed E-state index contributed by atoms with van der Waals surface area (Å²) in [4.78, 5) is 4.24. The van der Waals surface area contributed by atoms with Gasteiger partial charge in [0.25, 0.3) is 0 Å². The molecule has 0 aliphatic carbocycles. The Labute approximate surface area is 131 Å². The Kier molecular flexibility index (Phi) is 3.87. The molecule has 3 aromatic rings. The predicted octanol–water partition coefficient (Wildman–Crippen LogP) is 5.13. The lowest BCUT2D eigenvalue weighted by Crippen LogP contribution is -1.89. The van der Waals surface area contributed by atoms with Crippen LogP contribution < -0.4 is 4.74 Å². The predicted molar refractivity (Wildman–Crippen MR) is 83.8 cm³/mol. The van der Waals surface area contributed by atoms with Gasteiger partial charge in [0.1, 0.15) is 22.6 Å². The molecule has 21 heavy (non-hydrogen) atoms. The van der Waals surface area contributed by atoms with Crippen LogP contribution >= 0.6 is 22.9 Å². The van der Waals surface area contributed by atoms with Gasteiger partial charge in [-0.2, -0.15) is 5.26 Å². The van der Waals surface area contributed by atoms with E-state index in [0.29, 0.717) is 22.1 Å². The van der Waals surface area contributed by atoms with Crippen LogP contribution in [0.4, 0.5) is 0 Å². The fourth-order valence-electron chi connectivity index (χ4n) is 1.86. The fraction of sp³-hybridized carbons (Fsp3) is 0. The van der Waals surface area contributed by atoms with Crippen molar-refractivity contribution < 1.29 is 4.74 Å². The summed E-state index contributed by atoms with van der Waals surface area (Å²) in [6.45, 7) is 0. The zero-order chi connectivity index (χ0) is 14.7. The first kappa shape index (κ1) is 13.6. The van der Waals surface area contributed by atoms with E-state index in [9.17, 15) is 5.26 Å². The van der Waals surface area contributed by atoms with E-state index in [2.05, 4.69) is 11.1 Å². The fourth-order valence-corrected chi connectivity index (χ4v) is 2.68. The van der Waals surface area contributed by atoms with Crippen LogP contribution in [0.25, 0.3) is 10.6 Å². The molecule has 0 atom stereocenters. The second-order valence-corrected chi connectivity index (χ2v) is 5.55. The summed E-state index contributed by atoms with van der Waals surface area (Å²) in [5.74, 6) is 1.10. The third-order valence-electron chi connectivity index (χ3n) is 2.80. The lowest BCUT2D eigenvalue weighted by molar-refractivity contribution is 0.481. The Bertz CT molecular complexity index is 809. The number of thiazole rings is 1. The molecule has 3 rings (SSSR count). The second kappa shape index (κ2) is 5.96. The van der Waals surface area contributed by atoms with Gasteiger partial charge in [0, 0.05) is 22.2 Å². The maximum absolute atomic E-state index is 9.30. The van der Waals surface area contributed by atoms with E-state index in [1.807, 2.05) is 11.4 Å². The molecule has 0 radical (unpaired) electrons. The molecule has 5 heteroatoms. The number of benzene rings is 2. The minimum absolute atomic E-state index is 0.461. The topological polar surface area (TPSA) is 45.9 Å². The van der Waals surface area contributed by atoms with Gasteiger partial charge in [-0.1, -0.05) is 17.7 Å². The average Bonchev–Trinajstić information content (AvgIpc) is 3.02. The standard InChI is InChI=1S/C16H9ClN2OS/c17-13-2-1-3-14(9-13)20-15-5-4-11(8-12(15)10-18)16-19-6-7-21-16/h1-9H. The van der Waals surface area contributed by atoms with Crippen LogP contribution in [-0.2, 0) is 0 Å². The van der Waals surface area contributed by atoms with E-state index >= 15 is 0 Å². The minimum atomic E-state index is 0.461. The molecule has 0 bridgehead atoms. The molecule has 1 heterocycles. The molecule has 0 aliphatic rings. The zero-order valence-electron chi connectivity index (χ0n) is 10.8. The molecule has 0 aliphatic heterocycles. The number of ether oxygens (including phenoxy) is 1. The number of nitrogens with zero attached hydrogens (tertiary/aromatic N) is 2. The number of aromatic nitrogens is 1. The summed E-state index contributed by atoms with van der Waals surface area (Å²) < 4.78 is 5.73. The van der Waals surface area contributed by atoms with Crippen LogP contribution in [-0.4, -0.2) is 4.98 Å². The Morgan fingerprint density at radius 3 is 2.81 bits per heavy atom. The molecule has 3 nitrogen and oxygen atoms in total. The summed E-state index contributed by atoms with van der Waals surface area (Å²) in [5.41, 5.74) is 1.36. The zero-order valence-corrected chi connectivity index (χ0v) is 12.4. The highest BCUT2D eigenvalue weighted by molar-refractivity contribution is 7.13. The van der Waals surface area contributed by atoms with Gasteiger partial charge in [-0.05, 0) is 36.4 Å². The Morgan fingerprint density at radius 1 is 1.19 bits per heavy atom. The van der Waals surface area contributed by atoms with Crippen LogP contribution in [0, 0.1) is 11.3 Å². The van der Waals surface area contributed by atoms with E-state index in [1.54, 1.807) is 42.6 Å². The Morgan fingerprint density at radius 2 is 2.10 bits per heavy atom. The SMILES string of the molecule is N#Cc1cc(-c2nccs2)ccc1Oc1cccc(Cl)c1. The maximum atomic E-state index is 9.30. The van der Waals surface area contributed by atoms with Gasteiger partial charge < -0.3 is 4.74 Å². The highest BCUT2D eigenvalue weighted by Crippen LogP contribution is 2.31. The summed E-state index contributed by atoms with van der Waals surface area (Å²) in [6.07, 6.45) is 1.74. The van der Waals surface area contributed by atoms with Crippen LogP contribution in [0.15, 0.2) is 54.0 Å². The van der Waals surface area contributed by atoms with Gasteiger partial charge in [-0.3, -0.25) is 0 Å². The van der Waals surface area contributed by atoms with Crippen molar-refractivity contribution >= 4 is 22.9 Å². The third kappa shape index (κ3) is 3.05. The van der Waals surface area contributed by atoms with E-state index in [0.717, 1.165) is 10.6 Å². The van der Waals surface area contributed by atoms with Crippen molar-refractivity contribution in [1.29, 1.82) is 5.26 Å². The Hall–Kier alpha value is -2.35. The quantitative estimate of drug-likeness (QED) is 0.673. The molecule has 0 spiro atoms. The van der Waals surface area contributed by atoms with Crippen molar-refractivity contribution in [3.8, 4) is 28.1 Å². The molecular weight excluding hydrogens is 304 g/mol. The van der Waals surface area contributed by atoms with E-state index < -0.39 is 0 Å². The van der Waals surface area contributed by atoms with Gasteiger partial charge in [-0.25, -0.2) is 4.98 Å².